The number of ketones is 1. The van der Waals surface area contributed by atoms with Crippen LogP contribution in [0.1, 0.15) is 75.3 Å². The fourth-order valence-corrected chi connectivity index (χ4v) is 6.46. The second-order valence-corrected chi connectivity index (χ2v) is 14.2. The normalized spacial score (nSPS) is 11.0. The number of carboxylic acids is 5. The minimum atomic E-state index is -1.56. The van der Waals surface area contributed by atoms with Crippen LogP contribution in [-0.2, 0) is 9.59 Å². The molecule has 0 aliphatic carbocycles. The first kappa shape index (κ1) is 46.3. The lowest BCUT2D eigenvalue weighted by molar-refractivity contribution is -0.155. The summed E-state index contributed by atoms with van der Waals surface area (Å²) in [6.07, 6.45) is 1.97. The van der Waals surface area contributed by atoms with Crippen LogP contribution in [-0.4, -0.2) is 71.1 Å². The molecular weight excluding hydrogens is 880 g/mol. The number of nitrogens with zero attached hydrogens (tertiary/aromatic N) is 1. The Morgan fingerprint density at radius 1 is 0.672 bits per heavy atom. The van der Waals surface area contributed by atoms with Gasteiger partial charge in [0.05, 0.1) is 22.3 Å². The first-order valence-corrected chi connectivity index (χ1v) is 18.8. The summed E-state index contributed by atoms with van der Waals surface area (Å²) in [7, 11) is 0. The van der Waals surface area contributed by atoms with Gasteiger partial charge < -0.3 is 35.3 Å². The second-order valence-electron chi connectivity index (χ2n) is 12.8. The maximum Gasteiger partial charge on any atom is 0.356 e. The highest BCUT2D eigenvalue weighted by atomic mass is 79.9. The van der Waals surface area contributed by atoms with Crippen LogP contribution in [0.5, 0.6) is 11.5 Å². The standard InChI is InChI=1S/C16H12O5.C16H14O3.C7H4BrClO2.C5H4N2O3/c17-15(18)14(16(19)20)13-9-5-1-3-7-11(9)21-12-8-4-2-6-10(12)13;1-10-7-8-12(11(2)9-10)15(17)13-5-3-4-6-14(13)16(18)19;8-4-1-2-6(9)5(3-4)7(10)11;8-4-2-6-3(1-7-4)5(9)10/h1-8,13-14H,(H,17,18)(H,19,20);3-9H,1-2H3,(H,18,19);1-3H,(H,10,11);1-2H,(H,7,8)(H,9,10). The number of aromatic amines is 1. The van der Waals surface area contributed by atoms with Crippen molar-refractivity contribution < 1.29 is 59.0 Å². The number of carbonyl (C=O) groups is 6. The Morgan fingerprint density at radius 3 is 1.69 bits per heavy atom. The van der Waals surface area contributed by atoms with Crippen LogP contribution in [0.2, 0.25) is 5.02 Å². The van der Waals surface area contributed by atoms with Crippen molar-refractivity contribution in [1.82, 2.24) is 9.97 Å². The number of fused-ring (bicyclic) bond motifs is 2. The van der Waals surface area contributed by atoms with E-state index in [2.05, 4.69) is 25.9 Å². The van der Waals surface area contributed by atoms with E-state index in [0.717, 1.165) is 23.5 Å². The molecule has 7 rings (SSSR count). The number of para-hydroxylation sites is 2. The van der Waals surface area contributed by atoms with E-state index in [1.807, 2.05) is 26.0 Å². The molecule has 0 saturated heterocycles. The predicted octanol–water partition coefficient (Wildman–Crippen LogP) is 8.21. The monoisotopic (exact) mass is 912 g/mol. The molecule has 1 aliphatic heterocycles. The highest BCUT2D eigenvalue weighted by Crippen LogP contribution is 2.47. The minimum Gasteiger partial charge on any atom is -0.481 e. The first-order valence-electron chi connectivity index (χ1n) is 17.6. The lowest BCUT2D eigenvalue weighted by Crippen LogP contribution is -2.32. The highest BCUT2D eigenvalue weighted by Gasteiger charge is 2.41. The molecular formula is C44H34BrClN2O13. The zero-order chi connectivity index (χ0) is 45.0. The molecule has 0 radical (unpaired) electrons. The van der Waals surface area contributed by atoms with Crippen LogP contribution in [0.15, 0.2) is 131 Å². The van der Waals surface area contributed by atoms with E-state index in [1.54, 1.807) is 78.9 Å². The maximum atomic E-state index is 12.4. The predicted molar refractivity (Wildman–Crippen MR) is 224 cm³/mol. The molecule has 17 heteroatoms. The zero-order valence-corrected chi connectivity index (χ0v) is 34.2. The maximum absolute atomic E-state index is 12.4. The van der Waals surface area contributed by atoms with Gasteiger partial charge in [-0.2, -0.15) is 0 Å². The largest absolute Gasteiger partial charge is 0.481 e. The van der Waals surface area contributed by atoms with Crippen LogP contribution in [0, 0.1) is 19.8 Å². The number of ether oxygens (including phenoxy) is 1. The van der Waals surface area contributed by atoms with Crippen molar-refractivity contribution in [2.45, 2.75) is 19.8 Å². The van der Waals surface area contributed by atoms with E-state index in [-0.39, 0.29) is 33.2 Å². The van der Waals surface area contributed by atoms with Gasteiger partial charge in [0.2, 0.25) is 0 Å². The van der Waals surface area contributed by atoms with E-state index in [9.17, 15) is 43.8 Å². The molecule has 0 unspecified atom stereocenters. The molecule has 2 heterocycles. The number of carboxylic acid groups (broad SMARTS) is 5. The molecule has 1 aromatic heterocycles. The second kappa shape index (κ2) is 21.0. The number of carbonyl (C=O) groups excluding carboxylic acids is 1. The summed E-state index contributed by atoms with van der Waals surface area (Å²) >= 11 is 8.73. The van der Waals surface area contributed by atoms with Gasteiger partial charge in [-0.25, -0.2) is 19.4 Å². The van der Waals surface area contributed by atoms with Gasteiger partial charge >= 0.3 is 29.8 Å². The van der Waals surface area contributed by atoms with Crippen molar-refractivity contribution in [3.05, 3.63) is 192 Å². The quantitative estimate of drug-likeness (QED) is 0.0621. The summed E-state index contributed by atoms with van der Waals surface area (Å²) in [5.74, 6) is -7.59. The fraction of sp³-hybridized carbons (Fsp3) is 0.0909. The molecule has 312 valence electrons. The van der Waals surface area contributed by atoms with Crippen LogP contribution < -0.4 is 10.3 Å². The number of aliphatic carboxylic acids is 2. The van der Waals surface area contributed by atoms with Crippen molar-refractivity contribution in [1.29, 1.82) is 0 Å². The molecule has 6 aromatic rings. The number of aromatic nitrogens is 2. The number of aryl methyl sites for hydroxylation is 2. The molecule has 61 heavy (non-hydrogen) atoms. The molecule has 0 amide bonds. The topological polar surface area (TPSA) is 259 Å². The fourth-order valence-electron chi connectivity index (χ4n) is 5.90. The Labute approximate surface area is 359 Å². The lowest BCUT2D eigenvalue weighted by Gasteiger charge is -2.30. The van der Waals surface area contributed by atoms with Crippen molar-refractivity contribution in [2.75, 3.05) is 0 Å². The van der Waals surface area contributed by atoms with Gasteiger partial charge in [-0.05, 0) is 55.8 Å². The molecule has 5 aromatic carbocycles. The van der Waals surface area contributed by atoms with Crippen LogP contribution in [0.4, 0.5) is 0 Å². The minimum absolute atomic E-state index is 0.0347. The molecule has 0 fully saturated rings. The van der Waals surface area contributed by atoms with Crippen molar-refractivity contribution in [2.24, 2.45) is 5.92 Å². The molecule has 15 nitrogen and oxygen atoms in total. The Bertz CT molecular complexity index is 2620. The summed E-state index contributed by atoms with van der Waals surface area (Å²) in [6, 6.07) is 30.3. The Morgan fingerprint density at radius 2 is 1.21 bits per heavy atom. The van der Waals surface area contributed by atoms with E-state index < -0.39 is 47.2 Å². The number of hydrogen-bond acceptors (Lipinski definition) is 9. The number of halogens is 2. The number of nitrogens with one attached hydrogen (secondary N) is 1. The summed E-state index contributed by atoms with van der Waals surface area (Å²) in [5.41, 5.74) is 3.40. The van der Waals surface area contributed by atoms with Crippen molar-refractivity contribution >= 4 is 63.2 Å². The SMILES string of the molecule is Cc1ccc(C(=O)c2ccccc2C(=O)O)c(C)c1.O=C(O)C(C(=O)O)C1c2ccccc2Oc2ccccc21.O=C(O)c1c[nH]c(=O)cn1.O=C(O)c1cc(Br)ccc1Cl. The van der Waals surface area contributed by atoms with E-state index in [4.69, 9.17) is 31.7 Å². The summed E-state index contributed by atoms with van der Waals surface area (Å²) < 4.78 is 6.44. The van der Waals surface area contributed by atoms with Crippen LogP contribution in [0.25, 0.3) is 0 Å². The van der Waals surface area contributed by atoms with Gasteiger partial charge in [-0.3, -0.25) is 19.2 Å². The highest BCUT2D eigenvalue weighted by molar-refractivity contribution is 9.10. The number of aromatic carboxylic acids is 3. The number of rotatable bonds is 8. The third-order valence-corrected chi connectivity index (χ3v) is 9.49. The van der Waals surface area contributed by atoms with Crippen LogP contribution >= 0.6 is 27.5 Å². The molecule has 0 saturated carbocycles. The third kappa shape index (κ3) is 12.1. The van der Waals surface area contributed by atoms with Gasteiger partial charge in [0.25, 0.3) is 5.56 Å². The van der Waals surface area contributed by atoms with Crippen LogP contribution in [0.3, 0.4) is 0 Å². The Kier molecular flexibility index (Phi) is 15.9. The molecule has 0 atom stereocenters. The molecule has 6 N–H and O–H groups in total. The molecule has 0 bridgehead atoms. The number of H-pyrrole nitrogens is 1. The van der Waals surface area contributed by atoms with Gasteiger partial charge in [0.15, 0.2) is 17.4 Å². The summed E-state index contributed by atoms with van der Waals surface area (Å²) in [6.45, 7) is 3.80. The van der Waals surface area contributed by atoms with E-state index in [1.165, 1.54) is 18.2 Å². The van der Waals surface area contributed by atoms with Crippen molar-refractivity contribution in [3.8, 4) is 11.5 Å². The molecule has 1 aliphatic rings. The van der Waals surface area contributed by atoms with Crippen molar-refractivity contribution in [3.63, 3.8) is 0 Å². The Hall–Kier alpha value is -7.43. The van der Waals surface area contributed by atoms with Gasteiger partial charge in [0, 0.05) is 38.8 Å². The lowest BCUT2D eigenvalue weighted by atomic mass is 9.78. The third-order valence-electron chi connectivity index (χ3n) is 8.67. The van der Waals surface area contributed by atoms with Gasteiger partial charge in [-0.15, -0.1) is 0 Å². The Balaban J connectivity index is 0.000000188. The molecule has 0 spiro atoms. The average Bonchev–Trinajstić information content (AvgIpc) is 3.22. The van der Waals surface area contributed by atoms with E-state index >= 15 is 0 Å². The number of benzene rings is 5. The average molecular weight is 914 g/mol. The smallest absolute Gasteiger partial charge is 0.356 e. The zero-order valence-electron chi connectivity index (χ0n) is 31.9. The van der Waals surface area contributed by atoms with Gasteiger partial charge in [0.1, 0.15) is 11.5 Å². The summed E-state index contributed by atoms with van der Waals surface area (Å²) in [4.78, 5) is 82.9. The number of hydrogen-bond donors (Lipinski definition) is 6. The van der Waals surface area contributed by atoms with Gasteiger partial charge in [-0.1, -0.05) is 106 Å². The summed E-state index contributed by atoms with van der Waals surface area (Å²) in [5, 5.41) is 44.9. The first-order chi connectivity index (χ1) is 28.9. The van der Waals surface area contributed by atoms with E-state index in [0.29, 0.717) is 32.7 Å².